The summed E-state index contributed by atoms with van der Waals surface area (Å²) in [5, 5.41) is 2.86. The van der Waals surface area contributed by atoms with E-state index in [1.807, 2.05) is 53.1 Å². The molecular weight excluding hydrogens is 404 g/mol. The summed E-state index contributed by atoms with van der Waals surface area (Å²) in [6.07, 6.45) is 6.73. The number of benzene rings is 1. The maximum Gasteiger partial charge on any atom is 0.264 e. The van der Waals surface area contributed by atoms with Crippen LogP contribution in [0.15, 0.2) is 47.2 Å². The molecule has 0 saturated heterocycles. The highest BCUT2D eigenvalue weighted by molar-refractivity contribution is 7.89. The normalized spacial score (nSPS) is 18.1. The van der Waals surface area contributed by atoms with Crippen molar-refractivity contribution in [3.8, 4) is 11.3 Å². The van der Waals surface area contributed by atoms with E-state index in [1.54, 1.807) is 12.1 Å². The highest BCUT2D eigenvalue weighted by Crippen LogP contribution is 2.42. The fourth-order valence-electron chi connectivity index (χ4n) is 4.08. The van der Waals surface area contributed by atoms with Gasteiger partial charge in [-0.25, -0.2) is 23.1 Å². The molecule has 1 aromatic carbocycles. The number of sulfonamides is 1. The molecule has 2 aromatic heterocycles. The number of carbonyl (C=O) groups excluding carboxylic acids is 1. The largest absolute Gasteiger partial charge is 0.350 e. The molecule has 1 unspecified atom stereocenters. The zero-order valence-corrected chi connectivity index (χ0v) is 17.4. The topological polar surface area (TPSA) is 112 Å². The fourth-order valence-corrected chi connectivity index (χ4v) is 4.54. The van der Waals surface area contributed by atoms with Gasteiger partial charge in [-0.05, 0) is 24.3 Å². The van der Waals surface area contributed by atoms with Gasteiger partial charge in [0.2, 0.25) is 10.0 Å². The number of fused-ring (bicyclic) bond motifs is 4. The third-order valence-electron chi connectivity index (χ3n) is 5.42. The number of carbonyl (C=O) groups is 1. The summed E-state index contributed by atoms with van der Waals surface area (Å²) in [6.45, 7) is 0. The van der Waals surface area contributed by atoms with Crippen molar-refractivity contribution >= 4 is 38.9 Å². The van der Waals surface area contributed by atoms with E-state index in [4.69, 9.17) is 0 Å². The van der Waals surface area contributed by atoms with Crippen molar-refractivity contribution < 1.29 is 13.2 Å². The Bertz CT molecular complexity index is 1380. The molecule has 3 N–H and O–H groups in total. The number of aromatic amines is 1. The number of hydrazine groups is 1. The van der Waals surface area contributed by atoms with Gasteiger partial charge >= 0.3 is 0 Å². The smallest absolute Gasteiger partial charge is 0.264 e. The number of nitrogens with one attached hydrogen (secondary N) is 3. The molecule has 0 bridgehead atoms. The Morgan fingerprint density at radius 3 is 2.80 bits per heavy atom. The standard InChI is InChI=1S/C20H20N6O3S/c1-25-10-15(13-6-11(4-5-17(13)25)20(27)24-30(3,28)29)16-7-14-18-12(9-22-26(18)2)8-21-19(14)23-16/h4-10,18,22-23H,1-3H3,(H,24,27). The fraction of sp³-hybridized carbons (Fsp3) is 0.200. The van der Waals surface area contributed by atoms with E-state index in [-0.39, 0.29) is 11.6 Å². The van der Waals surface area contributed by atoms with Gasteiger partial charge in [0.15, 0.2) is 0 Å². The molecule has 0 spiro atoms. The molecule has 154 valence electrons. The van der Waals surface area contributed by atoms with Gasteiger partial charge in [-0.1, -0.05) is 0 Å². The third-order valence-corrected chi connectivity index (χ3v) is 5.98. The van der Waals surface area contributed by atoms with Gasteiger partial charge in [0.1, 0.15) is 5.82 Å². The lowest BCUT2D eigenvalue weighted by Gasteiger charge is -2.23. The van der Waals surface area contributed by atoms with E-state index in [2.05, 4.69) is 21.5 Å². The van der Waals surface area contributed by atoms with Gasteiger partial charge < -0.3 is 15.0 Å². The van der Waals surface area contributed by atoms with Gasteiger partial charge in [-0.3, -0.25) is 4.79 Å². The summed E-state index contributed by atoms with van der Waals surface area (Å²) in [4.78, 5) is 20.3. The summed E-state index contributed by atoms with van der Waals surface area (Å²) in [7, 11) is 0.269. The van der Waals surface area contributed by atoms with Crippen molar-refractivity contribution in [1.29, 1.82) is 0 Å². The van der Waals surface area contributed by atoms with Crippen LogP contribution in [0.2, 0.25) is 0 Å². The zero-order valence-electron chi connectivity index (χ0n) is 16.6. The van der Waals surface area contributed by atoms with Crippen LogP contribution in [0.5, 0.6) is 0 Å². The second kappa shape index (κ2) is 6.31. The summed E-state index contributed by atoms with van der Waals surface area (Å²) in [5.41, 5.74) is 8.34. The molecule has 10 heteroatoms. The number of H-pyrrole nitrogens is 1. The Labute approximate surface area is 173 Å². The Kier molecular flexibility index (Phi) is 3.92. The quantitative estimate of drug-likeness (QED) is 0.595. The van der Waals surface area contributed by atoms with Crippen LogP contribution in [0.3, 0.4) is 0 Å². The van der Waals surface area contributed by atoms with Crippen LogP contribution in [0.4, 0.5) is 5.82 Å². The second-order valence-electron chi connectivity index (χ2n) is 7.62. The minimum absolute atomic E-state index is 0.0774. The van der Waals surface area contributed by atoms with E-state index in [0.29, 0.717) is 0 Å². The van der Waals surface area contributed by atoms with Gasteiger partial charge in [-0.2, -0.15) is 0 Å². The van der Waals surface area contributed by atoms with E-state index < -0.39 is 15.9 Å². The first kappa shape index (κ1) is 18.6. The van der Waals surface area contributed by atoms with Gasteiger partial charge in [0.25, 0.3) is 5.91 Å². The number of hydrogen-bond acceptors (Lipinski definition) is 6. The molecular formula is C20H20N6O3S. The Hall–Kier alpha value is -3.37. The monoisotopic (exact) mass is 424 g/mol. The molecule has 3 aromatic rings. The number of rotatable bonds is 3. The first-order valence-electron chi connectivity index (χ1n) is 9.29. The van der Waals surface area contributed by atoms with E-state index in [0.717, 1.165) is 45.4 Å². The average molecular weight is 424 g/mol. The first-order chi connectivity index (χ1) is 14.2. The lowest BCUT2D eigenvalue weighted by Crippen LogP contribution is -2.29. The maximum atomic E-state index is 12.3. The molecule has 2 aliphatic heterocycles. The average Bonchev–Trinajstić information content (AvgIpc) is 3.35. The Balaban J connectivity index is 1.61. The Morgan fingerprint density at radius 1 is 1.23 bits per heavy atom. The van der Waals surface area contributed by atoms with Crippen LogP contribution in [-0.4, -0.2) is 48.4 Å². The predicted molar refractivity (Wildman–Crippen MR) is 115 cm³/mol. The minimum atomic E-state index is -3.64. The molecule has 9 nitrogen and oxygen atoms in total. The molecule has 1 atom stereocenters. The summed E-state index contributed by atoms with van der Waals surface area (Å²) in [6, 6.07) is 7.29. The van der Waals surface area contributed by atoms with Crippen LogP contribution < -0.4 is 10.1 Å². The number of aromatic nitrogens is 2. The van der Waals surface area contributed by atoms with Crippen LogP contribution in [-0.2, 0) is 17.1 Å². The lowest BCUT2D eigenvalue weighted by molar-refractivity contribution is 0.0982. The molecule has 0 aliphatic carbocycles. The highest BCUT2D eigenvalue weighted by atomic mass is 32.2. The molecule has 0 radical (unpaired) electrons. The summed E-state index contributed by atoms with van der Waals surface area (Å²) < 4.78 is 26.9. The minimum Gasteiger partial charge on any atom is -0.350 e. The molecule has 4 heterocycles. The second-order valence-corrected chi connectivity index (χ2v) is 9.37. The van der Waals surface area contributed by atoms with E-state index >= 15 is 0 Å². The third kappa shape index (κ3) is 2.92. The zero-order chi connectivity index (χ0) is 21.2. The van der Waals surface area contributed by atoms with Gasteiger partial charge in [0, 0.05) is 71.6 Å². The highest BCUT2D eigenvalue weighted by Gasteiger charge is 2.32. The van der Waals surface area contributed by atoms with Crippen molar-refractivity contribution in [2.45, 2.75) is 6.04 Å². The maximum absolute atomic E-state index is 12.3. The molecule has 0 fully saturated rings. The molecule has 5 rings (SSSR count). The summed E-state index contributed by atoms with van der Waals surface area (Å²) in [5.74, 6) is 0.142. The molecule has 2 aliphatic rings. The van der Waals surface area contributed by atoms with Crippen molar-refractivity contribution in [2.75, 3.05) is 13.3 Å². The van der Waals surface area contributed by atoms with E-state index in [1.165, 1.54) is 0 Å². The summed E-state index contributed by atoms with van der Waals surface area (Å²) >= 11 is 0. The van der Waals surface area contributed by atoms with Crippen LogP contribution in [0.25, 0.3) is 22.2 Å². The molecule has 1 amide bonds. The number of nitrogens with zero attached hydrogens (tertiary/aromatic N) is 3. The number of amides is 1. The van der Waals surface area contributed by atoms with Crippen molar-refractivity contribution in [3.63, 3.8) is 0 Å². The number of aliphatic imine (C=N–C) groups is 1. The van der Waals surface area contributed by atoms with Crippen LogP contribution >= 0.6 is 0 Å². The number of likely N-dealkylation sites (N-methyl/N-ethyl adjacent to an activating group) is 1. The first-order valence-corrected chi connectivity index (χ1v) is 11.2. The van der Waals surface area contributed by atoms with Crippen molar-refractivity contribution in [3.05, 3.63) is 53.4 Å². The van der Waals surface area contributed by atoms with Gasteiger partial charge in [-0.15, -0.1) is 0 Å². The molecule has 0 saturated carbocycles. The van der Waals surface area contributed by atoms with Crippen molar-refractivity contribution in [2.24, 2.45) is 12.0 Å². The van der Waals surface area contributed by atoms with E-state index in [9.17, 15) is 13.2 Å². The van der Waals surface area contributed by atoms with Crippen molar-refractivity contribution in [1.82, 2.24) is 24.7 Å². The molecule has 30 heavy (non-hydrogen) atoms. The van der Waals surface area contributed by atoms with Crippen LogP contribution in [0.1, 0.15) is 22.0 Å². The Morgan fingerprint density at radius 2 is 2.03 bits per heavy atom. The number of hydrogen-bond donors (Lipinski definition) is 3. The number of aryl methyl sites for hydroxylation is 1. The SMILES string of the molecule is CN1NC=C2C=Nc3[nH]c(-c4cn(C)c5ccc(C(=O)NS(C)(=O)=O)cc45)cc3C21. The van der Waals surface area contributed by atoms with Crippen LogP contribution in [0, 0.1) is 0 Å². The van der Waals surface area contributed by atoms with Gasteiger partial charge in [0.05, 0.1) is 12.3 Å². The lowest BCUT2D eigenvalue weighted by atomic mass is 9.99. The predicted octanol–water partition coefficient (Wildman–Crippen LogP) is 1.95.